The summed E-state index contributed by atoms with van der Waals surface area (Å²) >= 11 is 10.9. The largest absolute Gasteiger partial charge is 0.493 e. The van der Waals surface area contributed by atoms with Crippen LogP contribution in [0.15, 0.2) is 0 Å². The number of aromatic hydroxyl groups is 1. The predicted molar refractivity (Wildman–Crippen MR) is 45.1 cm³/mol. The maximum absolute atomic E-state index is 11.0. The van der Waals surface area contributed by atoms with Gasteiger partial charge in [0.05, 0.1) is 7.11 Å². The Morgan fingerprint density at radius 3 is 2.54 bits per heavy atom. The van der Waals surface area contributed by atoms with Gasteiger partial charge in [0, 0.05) is 0 Å². The summed E-state index contributed by atoms with van der Waals surface area (Å²) in [5.74, 6) is -1.42. The molecular formula is C6H4Cl2N2O3. The zero-order valence-electron chi connectivity index (χ0n) is 6.41. The van der Waals surface area contributed by atoms with Crippen LogP contribution in [0.4, 0.5) is 0 Å². The van der Waals surface area contributed by atoms with Crippen LogP contribution in [0, 0.1) is 0 Å². The zero-order chi connectivity index (χ0) is 10.0. The molecule has 13 heavy (non-hydrogen) atoms. The number of carbonyl (C=O) groups is 1. The highest BCUT2D eigenvalue weighted by atomic mass is 35.5. The summed E-state index contributed by atoms with van der Waals surface area (Å²) in [5.41, 5.74) is -0.298. The zero-order valence-corrected chi connectivity index (χ0v) is 7.93. The highest BCUT2D eigenvalue weighted by Gasteiger charge is 2.19. The molecule has 70 valence electrons. The fraction of sp³-hybridized carbons (Fsp3) is 0.167. The monoisotopic (exact) mass is 222 g/mol. The second-order valence-corrected chi connectivity index (χ2v) is 2.67. The topological polar surface area (TPSA) is 72.3 Å². The molecule has 0 saturated heterocycles. The minimum Gasteiger partial charge on any atom is -0.493 e. The molecule has 0 bridgehead atoms. The number of esters is 1. The van der Waals surface area contributed by atoms with Crippen molar-refractivity contribution in [1.29, 1.82) is 0 Å². The van der Waals surface area contributed by atoms with E-state index in [0.717, 1.165) is 7.11 Å². The molecule has 1 N–H and O–H groups in total. The van der Waals surface area contributed by atoms with Gasteiger partial charge in [-0.25, -0.2) is 9.78 Å². The summed E-state index contributed by atoms with van der Waals surface area (Å²) in [6.45, 7) is 0. The standard InChI is InChI=1S/C6H4Cl2N2O3/c1-13-5(12)2-3(7)9-6(8)10-4(2)11/h1H3,(H,9,10,11). The quantitative estimate of drug-likeness (QED) is 0.441. The number of carbonyl (C=O) groups excluding carboxylic acids is 1. The van der Waals surface area contributed by atoms with Crippen molar-refractivity contribution in [2.24, 2.45) is 0 Å². The molecule has 0 unspecified atom stereocenters. The smallest absolute Gasteiger partial charge is 0.346 e. The number of methoxy groups -OCH3 is 1. The minimum atomic E-state index is -0.820. The first-order chi connectivity index (χ1) is 6.06. The number of ether oxygens (including phenoxy) is 1. The molecule has 0 spiro atoms. The first-order valence-electron chi connectivity index (χ1n) is 3.06. The molecule has 1 rings (SSSR count). The van der Waals surface area contributed by atoms with Crippen molar-refractivity contribution in [3.63, 3.8) is 0 Å². The van der Waals surface area contributed by atoms with Gasteiger partial charge in [0.1, 0.15) is 0 Å². The van der Waals surface area contributed by atoms with Crippen molar-refractivity contribution in [1.82, 2.24) is 9.97 Å². The van der Waals surface area contributed by atoms with Gasteiger partial charge in [-0.2, -0.15) is 4.98 Å². The van der Waals surface area contributed by atoms with Crippen LogP contribution in [0.5, 0.6) is 5.88 Å². The minimum absolute atomic E-state index is 0.241. The maximum Gasteiger partial charge on any atom is 0.346 e. The normalized spacial score (nSPS) is 9.77. The molecule has 0 atom stereocenters. The van der Waals surface area contributed by atoms with Crippen molar-refractivity contribution in [2.45, 2.75) is 0 Å². The number of aromatic nitrogens is 2. The van der Waals surface area contributed by atoms with Gasteiger partial charge in [0.25, 0.3) is 0 Å². The van der Waals surface area contributed by atoms with E-state index in [-0.39, 0.29) is 16.0 Å². The third kappa shape index (κ3) is 1.99. The van der Waals surface area contributed by atoms with Crippen molar-refractivity contribution in [3.05, 3.63) is 16.0 Å². The number of hydrogen-bond donors (Lipinski definition) is 1. The second-order valence-electron chi connectivity index (χ2n) is 1.97. The Hall–Kier alpha value is -1.07. The van der Waals surface area contributed by atoms with E-state index >= 15 is 0 Å². The lowest BCUT2D eigenvalue weighted by Crippen LogP contribution is -2.05. The lowest BCUT2D eigenvalue weighted by molar-refractivity contribution is 0.0596. The van der Waals surface area contributed by atoms with E-state index in [9.17, 15) is 4.79 Å². The molecule has 0 saturated carbocycles. The van der Waals surface area contributed by atoms with Crippen molar-refractivity contribution in [2.75, 3.05) is 7.11 Å². The van der Waals surface area contributed by atoms with E-state index in [1.807, 2.05) is 0 Å². The van der Waals surface area contributed by atoms with E-state index < -0.39 is 11.8 Å². The highest BCUT2D eigenvalue weighted by molar-refractivity contribution is 6.34. The molecule has 0 aliphatic carbocycles. The average Bonchev–Trinajstić information content (AvgIpc) is 2.02. The Balaban J connectivity index is 3.28. The van der Waals surface area contributed by atoms with E-state index in [1.165, 1.54) is 0 Å². The Labute approximate surface area is 83.3 Å². The van der Waals surface area contributed by atoms with E-state index in [1.54, 1.807) is 0 Å². The predicted octanol–water partition coefficient (Wildman–Crippen LogP) is 1.28. The van der Waals surface area contributed by atoms with Crippen molar-refractivity contribution in [3.8, 4) is 5.88 Å². The Bertz CT molecular complexity index is 333. The van der Waals surface area contributed by atoms with Crippen molar-refractivity contribution >= 4 is 29.2 Å². The van der Waals surface area contributed by atoms with Gasteiger partial charge in [-0.15, -0.1) is 0 Å². The second kappa shape index (κ2) is 3.76. The molecule has 5 nitrogen and oxygen atoms in total. The Kier molecular flexibility index (Phi) is 2.90. The first-order valence-corrected chi connectivity index (χ1v) is 3.82. The summed E-state index contributed by atoms with van der Waals surface area (Å²) in [7, 11) is 1.15. The van der Waals surface area contributed by atoms with E-state index in [2.05, 4.69) is 14.7 Å². The molecule has 1 aromatic heterocycles. The number of rotatable bonds is 1. The molecular weight excluding hydrogens is 219 g/mol. The molecule has 0 aliphatic heterocycles. The maximum atomic E-state index is 11.0. The number of hydrogen-bond acceptors (Lipinski definition) is 5. The fourth-order valence-corrected chi connectivity index (χ4v) is 1.12. The summed E-state index contributed by atoms with van der Waals surface area (Å²) < 4.78 is 4.33. The van der Waals surface area contributed by atoms with Gasteiger partial charge >= 0.3 is 5.97 Å². The third-order valence-electron chi connectivity index (χ3n) is 1.21. The Morgan fingerprint density at radius 2 is 2.08 bits per heavy atom. The van der Waals surface area contributed by atoms with Gasteiger partial charge in [-0.1, -0.05) is 11.6 Å². The lowest BCUT2D eigenvalue weighted by atomic mass is 10.3. The lowest BCUT2D eigenvalue weighted by Gasteiger charge is -2.02. The molecule has 0 amide bonds. The molecule has 7 heteroatoms. The molecule has 0 fully saturated rings. The molecule has 0 aromatic carbocycles. The van der Waals surface area contributed by atoms with Crippen molar-refractivity contribution < 1.29 is 14.6 Å². The van der Waals surface area contributed by atoms with Gasteiger partial charge < -0.3 is 9.84 Å². The van der Waals surface area contributed by atoms with Gasteiger partial charge in [0.15, 0.2) is 10.7 Å². The molecule has 0 radical (unpaired) electrons. The summed E-state index contributed by atoms with van der Waals surface area (Å²) in [6, 6.07) is 0. The van der Waals surface area contributed by atoms with Gasteiger partial charge in [-0.3, -0.25) is 0 Å². The van der Waals surface area contributed by atoms with Crippen LogP contribution in [0.25, 0.3) is 0 Å². The average molecular weight is 223 g/mol. The number of halogens is 2. The molecule has 0 aliphatic rings. The Morgan fingerprint density at radius 1 is 1.46 bits per heavy atom. The highest BCUT2D eigenvalue weighted by Crippen LogP contribution is 2.23. The van der Waals surface area contributed by atoms with Gasteiger partial charge in [0.2, 0.25) is 11.2 Å². The first kappa shape index (κ1) is 10.0. The van der Waals surface area contributed by atoms with Crippen LogP contribution in [-0.2, 0) is 4.74 Å². The van der Waals surface area contributed by atoms with Crippen LogP contribution in [0.1, 0.15) is 10.4 Å². The third-order valence-corrected chi connectivity index (χ3v) is 1.65. The van der Waals surface area contributed by atoms with Crippen LogP contribution < -0.4 is 0 Å². The SMILES string of the molecule is COC(=O)c1c(O)nc(Cl)nc1Cl. The summed E-state index contributed by atoms with van der Waals surface area (Å²) in [4.78, 5) is 17.8. The molecule has 1 aromatic rings. The molecule has 1 heterocycles. The summed E-state index contributed by atoms with van der Waals surface area (Å²) in [6.07, 6.45) is 0. The number of nitrogens with zero attached hydrogens (tertiary/aromatic N) is 2. The van der Waals surface area contributed by atoms with E-state index in [0.29, 0.717) is 0 Å². The van der Waals surface area contributed by atoms with Crippen LogP contribution in [0.2, 0.25) is 10.4 Å². The summed E-state index contributed by atoms with van der Waals surface area (Å²) in [5, 5.41) is 8.67. The fourth-order valence-electron chi connectivity index (χ4n) is 0.675. The van der Waals surface area contributed by atoms with Crippen LogP contribution >= 0.6 is 23.2 Å². The van der Waals surface area contributed by atoms with Gasteiger partial charge in [-0.05, 0) is 11.6 Å². The van der Waals surface area contributed by atoms with Crippen LogP contribution in [-0.4, -0.2) is 28.2 Å². The van der Waals surface area contributed by atoms with Crippen LogP contribution in [0.3, 0.4) is 0 Å². The van der Waals surface area contributed by atoms with E-state index in [4.69, 9.17) is 28.3 Å².